The van der Waals surface area contributed by atoms with Gasteiger partial charge in [-0.25, -0.2) is 9.18 Å². The number of hydrogen-bond donors (Lipinski definition) is 1. The fourth-order valence-electron chi connectivity index (χ4n) is 1.61. The molecule has 0 heterocycles. The number of halogens is 3. The largest absolute Gasteiger partial charge is 0.488 e. The van der Waals surface area contributed by atoms with Crippen molar-refractivity contribution in [1.29, 1.82) is 0 Å². The summed E-state index contributed by atoms with van der Waals surface area (Å²) < 4.78 is 19.7. The second-order valence-electron chi connectivity index (χ2n) is 3.95. The summed E-state index contributed by atoms with van der Waals surface area (Å²) >= 11 is 8.85. The number of ether oxygens (including phenoxy) is 1. The van der Waals surface area contributed by atoms with Crippen LogP contribution in [0, 0.1) is 5.82 Å². The molecule has 0 atom stereocenters. The Bertz CT molecular complexity index is 661. The molecular weight excluding hydrogens is 351 g/mol. The molecule has 0 radical (unpaired) electrons. The first-order valence-corrected chi connectivity index (χ1v) is 6.74. The zero-order valence-corrected chi connectivity index (χ0v) is 12.4. The molecule has 0 aliphatic carbocycles. The summed E-state index contributed by atoms with van der Waals surface area (Å²) in [6.07, 6.45) is 0. The molecule has 0 bridgehead atoms. The van der Waals surface area contributed by atoms with Crippen molar-refractivity contribution in [3.05, 3.63) is 62.8 Å². The minimum atomic E-state index is -1.12. The number of carbonyl (C=O) groups is 1. The predicted molar refractivity (Wildman–Crippen MR) is 76.8 cm³/mol. The van der Waals surface area contributed by atoms with Gasteiger partial charge in [-0.2, -0.15) is 0 Å². The summed E-state index contributed by atoms with van der Waals surface area (Å²) in [5.41, 5.74) is 0.263. The van der Waals surface area contributed by atoms with Crippen LogP contribution in [-0.2, 0) is 6.61 Å². The summed E-state index contributed by atoms with van der Waals surface area (Å²) in [5.74, 6) is -1.52. The highest BCUT2D eigenvalue weighted by Crippen LogP contribution is 2.25. The monoisotopic (exact) mass is 358 g/mol. The van der Waals surface area contributed by atoms with Crippen LogP contribution in [0.1, 0.15) is 15.9 Å². The third-order valence-corrected chi connectivity index (χ3v) is 3.37. The molecule has 0 aromatic heterocycles. The van der Waals surface area contributed by atoms with Crippen LogP contribution in [0.3, 0.4) is 0 Å². The number of carboxylic acid groups (broad SMARTS) is 1. The zero-order valence-electron chi connectivity index (χ0n) is 10.1. The van der Waals surface area contributed by atoms with Crippen LogP contribution in [-0.4, -0.2) is 11.1 Å². The smallest absolute Gasteiger partial charge is 0.339 e. The number of aromatic carboxylic acids is 1. The third kappa shape index (κ3) is 3.29. The highest BCUT2D eigenvalue weighted by atomic mass is 79.9. The number of hydrogen-bond acceptors (Lipinski definition) is 2. The average molecular weight is 360 g/mol. The van der Waals surface area contributed by atoms with Gasteiger partial charge in [0.05, 0.1) is 5.02 Å². The second kappa shape index (κ2) is 6.24. The van der Waals surface area contributed by atoms with E-state index in [2.05, 4.69) is 15.9 Å². The van der Waals surface area contributed by atoms with Gasteiger partial charge in [-0.3, -0.25) is 0 Å². The lowest BCUT2D eigenvalue weighted by atomic mass is 10.2. The Kier molecular flexibility index (Phi) is 4.62. The number of benzene rings is 2. The van der Waals surface area contributed by atoms with Crippen molar-refractivity contribution < 1.29 is 19.0 Å². The highest BCUT2D eigenvalue weighted by molar-refractivity contribution is 9.10. The van der Waals surface area contributed by atoms with Crippen LogP contribution in [0.5, 0.6) is 5.75 Å². The van der Waals surface area contributed by atoms with Crippen molar-refractivity contribution in [2.24, 2.45) is 0 Å². The van der Waals surface area contributed by atoms with E-state index >= 15 is 0 Å². The van der Waals surface area contributed by atoms with E-state index in [0.717, 1.165) is 0 Å². The summed E-state index contributed by atoms with van der Waals surface area (Å²) in [6, 6.07) is 9.14. The molecule has 0 aliphatic rings. The first-order valence-electron chi connectivity index (χ1n) is 5.57. The van der Waals surface area contributed by atoms with Gasteiger partial charge in [-0.1, -0.05) is 39.7 Å². The van der Waals surface area contributed by atoms with Crippen molar-refractivity contribution in [3.8, 4) is 5.75 Å². The standard InChI is InChI=1S/C14H9BrClFO3/c15-9-4-5-12(10(6-9)14(18)19)20-7-8-2-1-3-11(16)13(8)17/h1-6H,7H2,(H,18,19). The third-order valence-electron chi connectivity index (χ3n) is 2.59. The topological polar surface area (TPSA) is 46.5 Å². The van der Waals surface area contributed by atoms with E-state index in [1.807, 2.05) is 0 Å². The fourth-order valence-corrected chi connectivity index (χ4v) is 2.17. The van der Waals surface area contributed by atoms with Crippen LogP contribution in [0.15, 0.2) is 40.9 Å². The normalized spacial score (nSPS) is 10.3. The van der Waals surface area contributed by atoms with Crippen LogP contribution in [0.25, 0.3) is 0 Å². The predicted octanol–water partition coefficient (Wildman–Crippen LogP) is 4.52. The average Bonchev–Trinajstić information content (AvgIpc) is 2.41. The van der Waals surface area contributed by atoms with Gasteiger partial charge in [0.2, 0.25) is 0 Å². The molecule has 0 spiro atoms. The molecule has 0 fully saturated rings. The van der Waals surface area contributed by atoms with Crippen molar-refractivity contribution >= 4 is 33.5 Å². The summed E-state index contributed by atoms with van der Waals surface area (Å²) in [5, 5.41) is 9.09. The molecular formula is C14H9BrClFO3. The Labute approximate surface area is 128 Å². The molecule has 2 aromatic carbocycles. The van der Waals surface area contributed by atoms with Gasteiger partial charge in [-0.15, -0.1) is 0 Å². The molecule has 104 valence electrons. The molecule has 0 saturated carbocycles. The molecule has 0 saturated heterocycles. The van der Waals surface area contributed by atoms with Crippen LogP contribution < -0.4 is 4.74 Å². The Morgan fingerprint density at radius 3 is 2.80 bits per heavy atom. The van der Waals surface area contributed by atoms with Crippen LogP contribution >= 0.6 is 27.5 Å². The van der Waals surface area contributed by atoms with Gasteiger partial charge in [0.15, 0.2) is 0 Å². The zero-order chi connectivity index (χ0) is 14.7. The van der Waals surface area contributed by atoms with E-state index in [0.29, 0.717) is 4.47 Å². The maximum atomic E-state index is 13.7. The second-order valence-corrected chi connectivity index (χ2v) is 5.27. The minimum absolute atomic E-state index is 0.000337. The van der Waals surface area contributed by atoms with Gasteiger partial charge in [0, 0.05) is 10.0 Å². The quantitative estimate of drug-likeness (QED) is 0.873. The summed E-state index contributed by atoms with van der Waals surface area (Å²) in [7, 11) is 0. The van der Waals surface area contributed by atoms with E-state index in [1.165, 1.54) is 24.3 Å². The first-order chi connectivity index (χ1) is 9.49. The van der Waals surface area contributed by atoms with E-state index in [4.69, 9.17) is 21.4 Å². The van der Waals surface area contributed by atoms with E-state index in [1.54, 1.807) is 12.1 Å². The molecule has 0 amide bonds. The maximum Gasteiger partial charge on any atom is 0.339 e. The number of rotatable bonds is 4. The van der Waals surface area contributed by atoms with E-state index in [-0.39, 0.29) is 28.5 Å². The lowest BCUT2D eigenvalue weighted by Gasteiger charge is -2.10. The Morgan fingerprint density at radius 2 is 2.10 bits per heavy atom. The molecule has 2 rings (SSSR count). The molecule has 2 aromatic rings. The molecule has 6 heteroatoms. The molecule has 0 aliphatic heterocycles. The number of carboxylic acids is 1. The maximum absolute atomic E-state index is 13.7. The summed E-state index contributed by atoms with van der Waals surface area (Å²) in [4.78, 5) is 11.1. The molecule has 1 N–H and O–H groups in total. The Hall–Kier alpha value is -1.59. The van der Waals surface area contributed by atoms with E-state index in [9.17, 15) is 9.18 Å². The lowest BCUT2D eigenvalue weighted by Crippen LogP contribution is -2.04. The van der Waals surface area contributed by atoms with Gasteiger partial charge in [0.1, 0.15) is 23.7 Å². The van der Waals surface area contributed by atoms with Gasteiger partial charge < -0.3 is 9.84 Å². The lowest BCUT2D eigenvalue weighted by molar-refractivity contribution is 0.0691. The Balaban J connectivity index is 2.23. The van der Waals surface area contributed by atoms with Crippen LogP contribution in [0.4, 0.5) is 4.39 Å². The van der Waals surface area contributed by atoms with Gasteiger partial charge in [0.25, 0.3) is 0 Å². The molecule has 3 nitrogen and oxygen atoms in total. The van der Waals surface area contributed by atoms with Gasteiger partial charge >= 0.3 is 5.97 Å². The van der Waals surface area contributed by atoms with Gasteiger partial charge in [-0.05, 0) is 24.3 Å². The summed E-state index contributed by atoms with van der Waals surface area (Å²) in [6.45, 7) is -0.103. The molecule has 20 heavy (non-hydrogen) atoms. The van der Waals surface area contributed by atoms with Crippen molar-refractivity contribution in [2.75, 3.05) is 0 Å². The SMILES string of the molecule is O=C(O)c1cc(Br)ccc1OCc1cccc(Cl)c1F. The van der Waals surface area contributed by atoms with E-state index < -0.39 is 11.8 Å². The molecule has 0 unspecified atom stereocenters. The highest BCUT2D eigenvalue weighted by Gasteiger charge is 2.13. The van der Waals surface area contributed by atoms with Crippen molar-refractivity contribution in [3.63, 3.8) is 0 Å². The fraction of sp³-hybridized carbons (Fsp3) is 0.0714. The van der Waals surface area contributed by atoms with Crippen molar-refractivity contribution in [1.82, 2.24) is 0 Å². The van der Waals surface area contributed by atoms with Crippen LogP contribution in [0.2, 0.25) is 5.02 Å². The van der Waals surface area contributed by atoms with Crippen molar-refractivity contribution in [2.45, 2.75) is 6.61 Å². The first kappa shape index (κ1) is 14.8. The minimum Gasteiger partial charge on any atom is -0.488 e. The Morgan fingerprint density at radius 1 is 1.35 bits per heavy atom.